The number of aromatic nitrogens is 1. The van der Waals surface area contributed by atoms with E-state index < -0.39 is 0 Å². The van der Waals surface area contributed by atoms with Gasteiger partial charge in [0.1, 0.15) is 5.76 Å². The molecule has 1 aromatic carbocycles. The number of para-hydroxylation sites is 2. The van der Waals surface area contributed by atoms with Crippen molar-refractivity contribution in [2.75, 3.05) is 24.3 Å². The van der Waals surface area contributed by atoms with Gasteiger partial charge in [-0.2, -0.15) is 0 Å². The minimum Gasteiger partial charge on any atom is -0.444 e. The number of oxazole rings is 1. The molecule has 0 aliphatic heterocycles. The third kappa shape index (κ3) is 2.64. The molecule has 18 heavy (non-hydrogen) atoms. The van der Waals surface area contributed by atoms with Gasteiger partial charge < -0.3 is 14.6 Å². The average molecular weight is 245 g/mol. The van der Waals surface area contributed by atoms with Crippen molar-refractivity contribution in [2.24, 2.45) is 0 Å². The van der Waals surface area contributed by atoms with Gasteiger partial charge >= 0.3 is 0 Å². The zero-order valence-electron chi connectivity index (χ0n) is 11.3. The number of nitrogens with one attached hydrogen (secondary N) is 1. The van der Waals surface area contributed by atoms with Gasteiger partial charge in [0, 0.05) is 14.1 Å². The Kier molecular flexibility index (Phi) is 3.55. The minimum atomic E-state index is 0.597. The third-order valence-electron chi connectivity index (χ3n) is 2.89. The van der Waals surface area contributed by atoms with Gasteiger partial charge in [0.25, 0.3) is 0 Å². The molecule has 1 aromatic heterocycles. The summed E-state index contributed by atoms with van der Waals surface area (Å²) in [5.74, 6) is 1.60. The Morgan fingerprint density at radius 3 is 2.56 bits per heavy atom. The van der Waals surface area contributed by atoms with Crippen LogP contribution in [0.15, 0.2) is 28.7 Å². The molecule has 0 unspecified atom stereocenters. The second-order valence-electron chi connectivity index (χ2n) is 4.51. The number of anilines is 2. The first kappa shape index (κ1) is 12.5. The molecule has 1 heterocycles. The van der Waals surface area contributed by atoms with E-state index in [1.165, 1.54) is 0 Å². The van der Waals surface area contributed by atoms with Crippen LogP contribution in [0.4, 0.5) is 11.4 Å². The highest BCUT2D eigenvalue weighted by Gasteiger charge is 2.07. The standard InChI is InChI=1S/C14H19N3O/c1-10-11(2)18-14(16-10)9-15-12-7-5-6-8-13(12)17(3)4/h5-8,15H,9H2,1-4H3. The maximum absolute atomic E-state index is 5.55. The second kappa shape index (κ2) is 5.12. The summed E-state index contributed by atoms with van der Waals surface area (Å²) in [6.07, 6.45) is 0. The van der Waals surface area contributed by atoms with Crippen molar-refractivity contribution in [3.8, 4) is 0 Å². The fourth-order valence-corrected chi connectivity index (χ4v) is 1.80. The molecule has 0 bridgehead atoms. The van der Waals surface area contributed by atoms with E-state index in [1.807, 2.05) is 40.1 Å². The van der Waals surface area contributed by atoms with Gasteiger partial charge in [-0.1, -0.05) is 12.1 Å². The molecule has 0 spiro atoms. The van der Waals surface area contributed by atoms with Crippen LogP contribution in [0.1, 0.15) is 17.3 Å². The molecule has 0 amide bonds. The van der Waals surface area contributed by atoms with Crippen molar-refractivity contribution in [3.05, 3.63) is 41.6 Å². The summed E-state index contributed by atoms with van der Waals surface area (Å²) in [4.78, 5) is 6.43. The number of aryl methyl sites for hydroxylation is 2. The van der Waals surface area contributed by atoms with Crippen LogP contribution in [-0.4, -0.2) is 19.1 Å². The lowest BCUT2D eigenvalue weighted by atomic mass is 10.2. The summed E-state index contributed by atoms with van der Waals surface area (Å²) < 4.78 is 5.55. The Labute approximate surface area is 108 Å². The molecule has 4 heteroatoms. The molecule has 0 saturated carbocycles. The molecule has 0 aliphatic carbocycles. The fraction of sp³-hybridized carbons (Fsp3) is 0.357. The molecule has 0 fully saturated rings. The predicted molar refractivity (Wildman–Crippen MR) is 74.1 cm³/mol. The molecule has 96 valence electrons. The van der Waals surface area contributed by atoms with Gasteiger partial charge in [0.05, 0.1) is 23.6 Å². The number of hydrogen-bond acceptors (Lipinski definition) is 4. The lowest BCUT2D eigenvalue weighted by Gasteiger charge is -2.17. The Balaban J connectivity index is 2.10. The van der Waals surface area contributed by atoms with Crippen molar-refractivity contribution in [1.82, 2.24) is 4.98 Å². The van der Waals surface area contributed by atoms with Crippen molar-refractivity contribution in [3.63, 3.8) is 0 Å². The molecule has 0 atom stereocenters. The van der Waals surface area contributed by atoms with E-state index in [9.17, 15) is 0 Å². The number of benzene rings is 1. The van der Waals surface area contributed by atoms with E-state index in [0.29, 0.717) is 6.54 Å². The molecular weight excluding hydrogens is 226 g/mol. The summed E-state index contributed by atoms with van der Waals surface area (Å²) in [7, 11) is 4.06. The number of rotatable bonds is 4. The number of hydrogen-bond donors (Lipinski definition) is 1. The maximum Gasteiger partial charge on any atom is 0.213 e. The SMILES string of the molecule is Cc1nc(CNc2ccccc2N(C)C)oc1C. The van der Waals surface area contributed by atoms with E-state index >= 15 is 0 Å². The van der Waals surface area contributed by atoms with Gasteiger partial charge in [-0.15, -0.1) is 0 Å². The zero-order chi connectivity index (χ0) is 13.1. The van der Waals surface area contributed by atoms with E-state index in [1.54, 1.807) is 0 Å². The maximum atomic E-state index is 5.55. The summed E-state index contributed by atoms with van der Waals surface area (Å²) in [5, 5.41) is 3.35. The molecule has 0 radical (unpaired) electrons. The van der Waals surface area contributed by atoms with Crippen molar-refractivity contribution in [1.29, 1.82) is 0 Å². The number of nitrogens with zero attached hydrogens (tertiary/aromatic N) is 2. The Bertz CT molecular complexity index is 512. The first-order chi connectivity index (χ1) is 8.58. The lowest BCUT2D eigenvalue weighted by Crippen LogP contribution is -2.12. The van der Waals surface area contributed by atoms with Gasteiger partial charge in [-0.3, -0.25) is 0 Å². The molecular formula is C14H19N3O. The predicted octanol–water partition coefficient (Wildman–Crippen LogP) is 2.97. The zero-order valence-corrected chi connectivity index (χ0v) is 11.3. The smallest absolute Gasteiger partial charge is 0.213 e. The molecule has 0 aliphatic rings. The second-order valence-corrected chi connectivity index (χ2v) is 4.51. The average Bonchev–Trinajstić information content (AvgIpc) is 2.66. The fourth-order valence-electron chi connectivity index (χ4n) is 1.80. The van der Waals surface area contributed by atoms with Crippen LogP contribution >= 0.6 is 0 Å². The highest BCUT2D eigenvalue weighted by molar-refractivity contribution is 5.69. The van der Waals surface area contributed by atoms with Gasteiger partial charge in [-0.25, -0.2) is 4.98 Å². The van der Waals surface area contributed by atoms with Gasteiger partial charge in [0.15, 0.2) is 0 Å². The van der Waals surface area contributed by atoms with Crippen LogP contribution in [0.25, 0.3) is 0 Å². The van der Waals surface area contributed by atoms with Gasteiger partial charge in [-0.05, 0) is 26.0 Å². The highest BCUT2D eigenvalue weighted by atomic mass is 16.4. The third-order valence-corrected chi connectivity index (χ3v) is 2.89. The van der Waals surface area contributed by atoms with Crippen molar-refractivity contribution >= 4 is 11.4 Å². The van der Waals surface area contributed by atoms with E-state index in [2.05, 4.69) is 27.3 Å². The Hall–Kier alpha value is -1.97. The minimum absolute atomic E-state index is 0.597. The van der Waals surface area contributed by atoms with E-state index in [4.69, 9.17) is 4.42 Å². The van der Waals surface area contributed by atoms with Crippen molar-refractivity contribution in [2.45, 2.75) is 20.4 Å². The molecule has 2 aromatic rings. The monoisotopic (exact) mass is 245 g/mol. The normalized spacial score (nSPS) is 10.4. The quantitative estimate of drug-likeness (QED) is 0.899. The highest BCUT2D eigenvalue weighted by Crippen LogP contribution is 2.24. The first-order valence-electron chi connectivity index (χ1n) is 6.01. The lowest BCUT2D eigenvalue weighted by molar-refractivity contribution is 0.478. The van der Waals surface area contributed by atoms with Gasteiger partial charge in [0.2, 0.25) is 5.89 Å². The first-order valence-corrected chi connectivity index (χ1v) is 6.01. The molecule has 2 rings (SSSR count). The summed E-state index contributed by atoms with van der Waals surface area (Å²) in [6.45, 7) is 4.48. The van der Waals surface area contributed by atoms with Crippen LogP contribution < -0.4 is 10.2 Å². The molecule has 4 nitrogen and oxygen atoms in total. The molecule has 0 saturated heterocycles. The van der Waals surface area contributed by atoms with Crippen LogP contribution in [0.5, 0.6) is 0 Å². The van der Waals surface area contributed by atoms with Crippen molar-refractivity contribution < 1.29 is 4.42 Å². The topological polar surface area (TPSA) is 41.3 Å². The summed E-state index contributed by atoms with van der Waals surface area (Å²) >= 11 is 0. The van der Waals surface area contributed by atoms with E-state index in [-0.39, 0.29) is 0 Å². The largest absolute Gasteiger partial charge is 0.444 e. The summed E-state index contributed by atoms with van der Waals surface area (Å²) in [5.41, 5.74) is 3.18. The van der Waals surface area contributed by atoms with E-state index in [0.717, 1.165) is 28.7 Å². The van der Waals surface area contributed by atoms with Crippen LogP contribution in [0, 0.1) is 13.8 Å². The van der Waals surface area contributed by atoms with Crippen LogP contribution in [-0.2, 0) is 6.54 Å². The van der Waals surface area contributed by atoms with Crippen LogP contribution in [0.3, 0.4) is 0 Å². The van der Waals surface area contributed by atoms with Crippen LogP contribution in [0.2, 0.25) is 0 Å². The molecule has 1 N–H and O–H groups in total. The Morgan fingerprint density at radius 1 is 1.22 bits per heavy atom. The summed E-state index contributed by atoms with van der Waals surface area (Å²) in [6, 6.07) is 8.17. The Morgan fingerprint density at radius 2 is 1.94 bits per heavy atom.